The average Bonchev–Trinajstić information content (AvgIpc) is 3.08. The normalized spacial score (nSPS) is 11.2. The highest BCUT2D eigenvalue weighted by Crippen LogP contribution is 2.24. The van der Waals surface area contributed by atoms with Crippen LogP contribution in [-0.2, 0) is 11.3 Å². The molecule has 1 N–H and O–H groups in total. The van der Waals surface area contributed by atoms with Gasteiger partial charge in [0.15, 0.2) is 0 Å². The molecular formula is C21H19N3O3S. The number of fused-ring (bicyclic) bond motifs is 3. The zero-order valence-electron chi connectivity index (χ0n) is 15.3. The summed E-state index contributed by atoms with van der Waals surface area (Å²) in [6, 6.07) is 15.6. The molecule has 0 spiro atoms. The number of aromatic nitrogens is 2. The fourth-order valence-electron chi connectivity index (χ4n) is 2.93. The van der Waals surface area contributed by atoms with Crippen molar-refractivity contribution in [1.82, 2.24) is 14.9 Å². The van der Waals surface area contributed by atoms with Crippen LogP contribution >= 0.6 is 11.8 Å². The van der Waals surface area contributed by atoms with Gasteiger partial charge in [0.25, 0.3) is 5.56 Å². The van der Waals surface area contributed by atoms with Crippen LogP contribution in [0.15, 0.2) is 69.0 Å². The molecule has 0 fully saturated rings. The molecule has 0 saturated carbocycles. The van der Waals surface area contributed by atoms with Crippen LogP contribution < -0.4 is 10.9 Å². The van der Waals surface area contributed by atoms with Gasteiger partial charge in [0.1, 0.15) is 17.6 Å². The van der Waals surface area contributed by atoms with Crippen LogP contribution in [0.4, 0.5) is 0 Å². The quantitative estimate of drug-likeness (QED) is 0.401. The topological polar surface area (TPSA) is 77.1 Å². The van der Waals surface area contributed by atoms with Gasteiger partial charge in [-0.25, -0.2) is 4.98 Å². The molecule has 0 atom stereocenters. The Bertz CT molecular complexity index is 1200. The van der Waals surface area contributed by atoms with Crippen LogP contribution in [0.2, 0.25) is 0 Å². The monoisotopic (exact) mass is 393 g/mol. The summed E-state index contributed by atoms with van der Waals surface area (Å²) in [4.78, 5) is 30.3. The molecule has 0 aliphatic carbocycles. The van der Waals surface area contributed by atoms with E-state index in [-0.39, 0.29) is 23.6 Å². The number of benzene rings is 2. The summed E-state index contributed by atoms with van der Waals surface area (Å²) in [5.41, 5.74) is 2.17. The first kappa shape index (κ1) is 18.3. The van der Waals surface area contributed by atoms with E-state index in [4.69, 9.17) is 4.42 Å². The van der Waals surface area contributed by atoms with E-state index in [1.807, 2.05) is 25.1 Å². The SMILES string of the molecule is Cc1ccc(SCCNC(=O)Cn2cnc3c(oc4ccccc43)c2=O)cc1. The number of aryl methyl sites for hydroxylation is 1. The number of rotatable bonds is 6. The summed E-state index contributed by atoms with van der Waals surface area (Å²) >= 11 is 1.67. The van der Waals surface area contributed by atoms with E-state index in [1.165, 1.54) is 16.5 Å². The van der Waals surface area contributed by atoms with Crippen LogP contribution in [0.25, 0.3) is 22.1 Å². The Labute approximate surface area is 165 Å². The van der Waals surface area contributed by atoms with E-state index < -0.39 is 0 Å². The van der Waals surface area contributed by atoms with Gasteiger partial charge in [-0.05, 0) is 31.2 Å². The lowest BCUT2D eigenvalue weighted by atomic mass is 10.2. The van der Waals surface area contributed by atoms with E-state index in [0.29, 0.717) is 17.6 Å². The van der Waals surface area contributed by atoms with E-state index in [0.717, 1.165) is 16.0 Å². The van der Waals surface area contributed by atoms with Crippen molar-refractivity contribution >= 4 is 39.7 Å². The Morgan fingerprint density at radius 3 is 2.79 bits per heavy atom. The Morgan fingerprint density at radius 2 is 1.96 bits per heavy atom. The lowest BCUT2D eigenvalue weighted by Gasteiger charge is -2.07. The van der Waals surface area contributed by atoms with Gasteiger partial charge in [-0.3, -0.25) is 14.2 Å². The molecule has 28 heavy (non-hydrogen) atoms. The van der Waals surface area contributed by atoms with Gasteiger partial charge < -0.3 is 9.73 Å². The Balaban J connectivity index is 1.38. The average molecular weight is 393 g/mol. The number of furan rings is 1. The minimum atomic E-state index is -0.356. The van der Waals surface area contributed by atoms with E-state index in [9.17, 15) is 9.59 Å². The van der Waals surface area contributed by atoms with Crippen molar-refractivity contribution in [3.8, 4) is 0 Å². The smallest absolute Gasteiger partial charge is 0.297 e. The first-order chi connectivity index (χ1) is 13.6. The number of amides is 1. The maximum absolute atomic E-state index is 12.6. The second kappa shape index (κ2) is 7.90. The fraction of sp³-hybridized carbons (Fsp3) is 0.190. The Kier molecular flexibility index (Phi) is 5.16. The Morgan fingerprint density at radius 1 is 1.18 bits per heavy atom. The zero-order chi connectivity index (χ0) is 19.5. The molecule has 2 heterocycles. The van der Waals surface area contributed by atoms with Crippen molar-refractivity contribution in [1.29, 1.82) is 0 Å². The molecule has 1 amide bonds. The number of nitrogens with zero attached hydrogens (tertiary/aromatic N) is 2. The number of carbonyl (C=O) groups is 1. The first-order valence-corrected chi connectivity index (χ1v) is 9.93. The third kappa shape index (κ3) is 3.80. The maximum atomic E-state index is 12.6. The molecular weight excluding hydrogens is 374 g/mol. The summed E-state index contributed by atoms with van der Waals surface area (Å²) in [5, 5.41) is 3.63. The highest BCUT2D eigenvalue weighted by molar-refractivity contribution is 7.99. The summed E-state index contributed by atoms with van der Waals surface area (Å²) in [6.45, 7) is 2.48. The van der Waals surface area contributed by atoms with Crippen LogP contribution in [-0.4, -0.2) is 27.8 Å². The fourth-order valence-corrected chi connectivity index (χ4v) is 3.70. The molecule has 0 aliphatic heterocycles. The minimum Gasteiger partial charge on any atom is -0.448 e. The molecule has 142 valence electrons. The molecule has 6 nitrogen and oxygen atoms in total. The minimum absolute atomic E-state index is 0.0893. The predicted octanol–water partition coefficient (Wildman–Crippen LogP) is 3.36. The number of para-hydroxylation sites is 1. The summed E-state index contributed by atoms with van der Waals surface area (Å²) in [7, 11) is 0. The molecule has 7 heteroatoms. The lowest BCUT2D eigenvalue weighted by Crippen LogP contribution is -2.33. The van der Waals surface area contributed by atoms with E-state index >= 15 is 0 Å². The van der Waals surface area contributed by atoms with Crippen molar-refractivity contribution in [2.45, 2.75) is 18.4 Å². The molecule has 4 rings (SSSR count). The maximum Gasteiger partial charge on any atom is 0.297 e. The molecule has 0 radical (unpaired) electrons. The molecule has 0 unspecified atom stereocenters. The molecule has 2 aromatic carbocycles. The summed E-state index contributed by atoms with van der Waals surface area (Å²) < 4.78 is 6.90. The van der Waals surface area contributed by atoms with E-state index in [2.05, 4.69) is 34.6 Å². The van der Waals surface area contributed by atoms with Crippen molar-refractivity contribution in [2.24, 2.45) is 0 Å². The predicted molar refractivity (Wildman–Crippen MR) is 111 cm³/mol. The number of hydrogen-bond acceptors (Lipinski definition) is 5. The summed E-state index contributed by atoms with van der Waals surface area (Å²) in [6.07, 6.45) is 1.40. The van der Waals surface area contributed by atoms with Gasteiger partial charge in [-0.15, -0.1) is 11.8 Å². The van der Waals surface area contributed by atoms with Crippen LogP contribution in [0.3, 0.4) is 0 Å². The number of nitrogens with one attached hydrogen (secondary N) is 1. The van der Waals surface area contributed by atoms with Gasteiger partial charge in [-0.1, -0.05) is 29.8 Å². The lowest BCUT2D eigenvalue weighted by molar-refractivity contribution is -0.121. The summed E-state index contributed by atoms with van der Waals surface area (Å²) in [5.74, 6) is 0.522. The first-order valence-electron chi connectivity index (χ1n) is 8.94. The van der Waals surface area contributed by atoms with Gasteiger partial charge in [0.05, 0.1) is 6.33 Å². The largest absolute Gasteiger partial charge is 0.448 e. The van der Waals surface area contributed by atoms with E-state index in [1.54, 1.807) is 17.8 Å². The van der Waals surface area contributed by atoms with Crippen LogP contribution in [0.5, 0.6) is 0 Å². The van der Waals surface area contributed by atoms with Gasteiger partial charge in [-0.2, -0.15) is 0 Å². The number of thioether (sulfide) groups is 1. The highest BCUT2D eigenvalue weighted by atomic mass is 32.2. The molecule has 0 saturated heterocycles. The van der Waals surface area contributed by atoms with Gasteiger partial charge in [0.2, 0.25) is 11.5 Å². The third-order valence-corrected chi connectivity index (χ3v) is 5.39. The van der Waals surface area contributed by atoms with Crippen molar-refractivity contribution < 1.29 is 9.21 Å². The van der Waals surface area contributed by atoms with Crippen LogP contribution in [0, 0.1) is 6.92 Å². The van der Waals surface area contributed by atoms with Crippen molar-refractivity contribution in [3.05, 3.63) is 70.8 Å². The molecule has 2 aromatic heterocycles. The Hall–Kier alpha value is -3.06. The second-order valence-corrected chi connectivity index (χ2v) is 7.63. The van der Waals surface area contributed by atoms with Gasteiger partial charge in [0, 0.05) is 22.6 Å². The molecule has 0 aliphatic rings. The van der Waals surface area contributed by atoms with Crippen molar-refractivity contribution in [2.75, 3.05) is 12.3 Å². The highest BCUT2D eigenvalue weighted by Gasteiger charge is 2.14. The number of carbonyl (C=O) groups excluding carboxylic acids is 1. The van der Waals surface area contributed by atoms with Crippen molar-refractivity contribution in [3.63, 3.8) is 0 Å². The molecule has 0 bridgehead atoms. The zero-order valence-corrected chi connectivity index (χ0v) is 16.2. The van der Waals surface area contributed by atoms with Crippen LogP contribution in [0.1, 0.15) is 5.56 Å². The van der Waals surface area contributed by atoms with Gasteiger partial charge >= 0.3 is 0 Å². The molecule has 4 aromatic rings. The second-order valence-electron chi connectivity index (χ2n) is 6.47. The standard InChI is InChI=1S/C21H19N3O3S/c1-14-6-8-15(9-7-14)28-11-10-22-18(25)12-24-13-23-19-16-4-2-3-5-17(16)27-20(19)21(24)26/h2-9,13H,10-12H2,1H3,(H,22,25). The third-order valence-electron chi connectivity index (χ3n) is 4.38. The number of hydrogen-bond donors (Lipinski definition) is 1.